The number of amides is 1. The highest BCUT2D eigenvalue weighted by Gasteiger charge is 2.17. The van der Waals surface area contributed by atoms with Gasteiger partial charge in [-0.2, -0.15) is 0 Å². The molecule has 1 amide bonds. The summed E-state index contributed by atoms with van der Waals surface area (Å²) in [6.07, 6.45) is 2.43. The molecule has 0 aliphatic heterocycles. The smallest absolute Gasteiger partial charge is 0.328 e. The molecule has 0 fully saturated rings. The van der Waals surface area contributed by atoms with Crippen molar-refractivity contribution in [3.63, 3.8) is 0 Å². The fourth-order valence-electron chi connectivity index (χ4n) is 2.39. The second-order valence-corrected chi connectivity index (χ2v) is 5.61. The zero-order chi connectivity index (χ0) is 19.2. The van der Waals surface area contributed by atoms with E-state index in [-0.39, 0.29) is 17.3 Å². The third kappa shape index (κ3) is 4.58. The molecule has 1 heterocycles. The number of anilines is 1. The average molecular weight is 361 g/mol. The Hall–Kier alpha value is -3.93. The van der Waals surface area contributed by atoms with Gasteiger partial charge in [0.05, 0.1) is 0 Å². The SMILES string of the molecule is O=C(O)/C=C/c1cccc(NC(=O)c2ccc(C(=O)c3ccccc3)o2)c1. The fourth-order valence-corrected chi connectivity index (χ4v) is 2.39. The molecular weight excluding hydrogens is 346 g/mol. The van der Waals surface area contributed by atoms with Crippen LogP contribution in [-0.4, -0.2) is 22.8 Å². The van der Waals surface area contributed by atoms with E-state index in [9.17, 15) is 14.4 Å². The molecule has 6 heteroatoms. The van der Waals surface area contributed by atoms with Gasteiger partial charge in [-0.15, -0.1) is 0 Å². The summed E-state index contributed by atoms with van der Waals surface area (Å²) in [5.74, 6) is -1.81. The van der Waals surface area contributed by atoms with Crippen LogP contribution in [0.4, 0.5) is 5.69 Å². The molecule has 1 aromatic heterocycles. The van der Waals surface area contributed by atoms with Crippen molar-refractivity contribution >= 4 is 29.4 Å². The van der Waals surface area contributed by atoms with Gasteiger partial charge in [0, 0.05) is 17.3 Å². The lowest BCUT2D eigenvalue weighted by atomic mass is 10.1. The molecule has 0 unspecified atom stereocenters. The van der Waals surface area contributed by atoms with Gasteiger partial charge in [0.25, 0.3) is 5.91 Å². The first-order valence-corrected chi connectivity index (χ1v) is 8.05. The Balaban J connectivity index is 1.72. The first-order valence-electron chi connectivity index (χ1n) is 8.05. The summed E-state index contributed by atoms with van der Waals surface area (Å²) in [5, 5.41) is 11.3. The van der Waals surface area contributed by atoms with Gasteiger partial charge in [0.15, 0.2) is 11.5 Å². The molecule has 0 atom stereocenters. The number of nitrogens with one attached hydrogen (secondary N) is 1. The Kier molecular flexibility index (Phi) is 5.28. The number of carbonyl (C=O) groups is 3. The largest absolute Gasteiger partial charge is 0.478 e. The predicted molar refractivity (Wildman–Crippen MR) is 99.6 cm³/mol. The van der Waals surface area contributed by atoms with E-state index >= 15 is 0 Å². The Morgan fingerprint density at radius 1 is 0.889 bits per heavy atom. The molecule has 2 aromatic carbocycles. The normalized spacial score (nSPS) is 10.7. The van der Waals surface area contributed by atoms with Crippen LogP contribution in [0.5, 0.6) is 0 Å². The average Bonchev–Trinajstić information content (AvgIpc) is 3.17. The maximum Gasteiger partial charge on any atom is 0.328 e. The van der Waals surface area contributed by atoms with Crippen molar-refractivity contribution in [1.29, 1.82) is 0 Å². The second kappa shape index (κ2) is 7.97. The lowest BCUT2D eigenvalue weighted by Crippen LogP contribution is -2.11. The zero-order valence-corrected chi connectivity index (χ0v) is 14.1. The van der Waals surface area contributed by atoms with E-state index in [2.05, 4.69) is 5.32 Å². The zero-order valence-electron chi connectivity index (χ0n) is 14.1. The molecule has 134 valence electrons. The van der Waals surface area contributed by atoms with Crippen molar-refractivity contribution in [3.05, 3.63) is 95.5 Å². The van der Waals surface area contributed by atoms with E-state index in [4.69, 9.17) is 9.52 Å². The molecule has 3 rings (SSSR count). The van der Waals surface area contributed by atoms with Crippen LogP contribution in [0, 0.1) is 0 Å². The molecule has 6 nitrogen and oxygen atoms in total. The number of carboxylic acid groups (broad SMARTS) is 1. The number of ketones is 1. The third-order valence-corrected chi connectivity index (χ3v) is 3.65. The number of carboxylic acids is 1. The van der Waals surface area contributed by atoms with E-state index in [1.807, 2.05) is 0 Å². The maximum absolute atomic E-state index is 12.3. The van der Waals surface area contributed by atoms with E-state index in [1.165, 1.54) is 18.2 Å². The number of aliphatic carboxylic acids is 1. The molecule has 2 N–H and O–H groups in total. The minimum absolute atomic E-state index is 0.000706. The molecule has 0 saturated heterocycles. The van der Waals surface area contributed by atoms with Gasteiger partial charge in [-0.05, 0) is 35.9 Å². The van der Waals surface area contributed by atoms with Crippen molar-refractivity contribution in [2.45, 2.75) is 0 Å². The second-order valence-electron chi connectivity index (χ2n) is 5.61. The lowest BCUT2D eigenvalue weighted by Gasteiger charge is -2.04. The highest BCUT2D eigenvalue weighted by atomic mass is 16.4. The van der Waals surface area contributed by atoms with Crippen molar-refractivity contribution in [3.8, 4) is 0 Å². The van der Waals surface area contributed by atoms with Crippen LogP contribution in [0.3, 0.4) is 0 Å². The van der Waals surface area contributed by atoms with Crippen molar-refractivity contribution in [1.82, 2.24) is 0 Å². The van der Waals surface area contributed by atoms with Crippen LogP contribution >= 0.6 is 0 Å². The van der Waals surface area contributed by atoms with Crippen LogP contribution in [0.2, 0.25) is 0 Å². The number of benzene rings is 2. The van der Waals surface area contributed by atoms with Crippen LogP contribution < -0.4 is 5.32 Å². The van der Waals surface area contributed by atoms with Crippen molar-refractivity contribution < 1.29 is 23.9 Å². The topological polar surface area (TPSA) is 96.6 Å². The number of furan rings is 1. The molecular formula is C21H15NO5. The third-order valence-electron chi connectivity index (χ3n) is 3.65. The van der Waals surface area contributed by atoms with Crippen LogP contribution in [-0.2, 0) is 4.79 Å². The standard InChI is InChI=1S/C21H15NO5/c23-19(24)12-9-14-5-4-8-16(13-14)22-21(26)18-11-10-17(27-18)20(25)15-6-2-1-3-7-15/h1-13H,(H,22,26)(H,23,24)/b12-9+. The molecule has 3 aromatic rings. The van der Waals surface area contributed by atoms with Crippen LogP contribution in [0.1, 0.15) is 32.2 Å². The number of rotatable bonds is 6. The first kappa shape index (κ1) is 17.9. The van der Waals surface area contributed by atoms with Crippen molar-refractivity contribution in [2.75, 3.05) is 5.32 Å². The van der Waals surface area contributed by atoms with Crippen LogP contribution in [0.25, 0.3) is 6.08 Å². The summed E-state index contributed by atoms with van der Waals surface area (Å²) in [7, 11) is 0. The summed E-state index contributed by atoms with van der Waals surface area (Å²) in [5.41, 5.74) is 1.56. The monoisotopic (exact) mass is 361 g/mol. The Labute approximate surface area is 154 Å². The summed E-state index contributed by atoms with van der Waals surface area (Å²) >= 11 is 0. The summed E-state index contributed by atoms with van der Waals surface area (Å²) < 4.78 is 5.39. The first-order chi connectivity index (χ1) is 13.0. The van der Waals surface area contributed by atoms with Gasteiger partial charge >= 0.3 is 5.97 Å². The number of hydrogen-bond donors (Lipinski definition) is 2. The van der Waals surface area contributed by atoms with E-state index in [0.29, 0.717) is 16.8 Å². The highest BCUT2D eigenvalue weighted by molar-refractivity contribution is 6.08. The predicted octanol–water partition coefficient (Wildman–Crippen LogP) is 3.86. The van der Waals surface area contributed by atoms with Crippen molar-refractivity contribution in [2.24, 2.45) is 0 Å². The lowest BCUT2D eigenvalue weighted by molar-refractivity contribution is -0.131. The van der Waals surface area contributed by atoms with Gasteiger partial charge in [-0.1, -0.05) is 42.5 Å². The Morgan fingerprint density at radius 2 is 1.63 bits per heavy atom. The summed E-state index contributed by atoms with van der Waals surface area (Å²) in [4.78, 5) is 35.3. The van der Waals surface area contributed by atoms with Gasteiger partial charge in [0.2, 0.25) is 5.78 Å². The van der Waals surface area contributed by atoms with Gasteiger partial charge in [0.1, 0.15) is 0 Å². The summed E-state index contributed by atoms with van der Waals surface area (Å²) in [6.45, 7) is 0. The summed E-state index contributed by atoms with van der Waals surface area (Å²) in [6, 6.07) is 18.2. The van der Waals surface area contributed by atoms with Gasteiger partial charge in [-0.25, -0.2) is 4.79 Å². The fraction of sp³-hybridized carbons (Fsp3) is 0. The number of carbonyl (C=O) groups excluding carboxylic acids is 2. The van der Waals surface area contributed by atoms with E-state index < -0.39 is 11.9 Å². The van der Waals surface area contributed by atoms with E-state index in [0.717, 1.165) is 6.08 Å². The molecule has 0 aliphatic carbocycles. The minimum atomic E-state index is -1.06. The molecule has 0 saturated carbocycles. The quantitative estimate of drug-likeness (QED) is 0.513. The molecule has 27 heavy (non-hydrogen) atoms. The molecule has 0 aliphatic rings. The van der Waals surface area contributed by atoms with E-state index in [1.54, 1.807) is 54.6 Å². The van der Waals surface area contributed by atoms with Gasteiger partial charge < -0.3 is 14.8 Å². The maximum atomic E-state index is 12.3. The number of hydrogen-bond acceptors (Lipinski definition) is 4. The molecule has 0 bridgehead atoms. The Bertz CT molecular complexity index is 1020. The highest BCUT2D eigenvalue weighted by Crippen LogP contribution is 2.17. The van der Waals surface area contributed by atoms with Gasteiger partial charge in [-0.3, -0.25) is 9.59 Å². The molecule has 0 radical (unpaired) electrons. The Morgan fingerprint density at radius 3 is 2.37 bits per heavy atom. The van der Waals surface area contributed by atoms with Crippen LogP contribution in [0.15, 0.2) is 77.2 Å². The molecule has 0 spiro atoms. The minimum Gasteiger partial charge on any atom is -0.478 e.